The number of carbonyl (C=O) groups excluding carboxylic acids is 2. The van der Waals surface area contributed by atoms with Crippen LogP contribution in [-0.2, 0) is 9.59 Å². The molecule has 2 rings (SSSR count). The van der Waals surface area contributed by atoms with Crippen LogP contribution in [0.15, 0.2) is 30.3 Å². The first kappa shape index (κ1) is 10.6. The van der Waals surface area contributed by atoms with Gasteiger partial charge in [-0.05, 0) is 30.2 Å². The quantitative estimate of drug-likeness (QED) is 0.571. The zero-order valence-corrected chi connectivity index (χ0v) is 8.93. The van der Waals surface area contributed by atoms with Crippen molar-refractivity contribution in [3.8, 4) is 0 Å². The summed E-state index contributed by atoms with van der Waals surface area (Å²) in [5, 5.41) is 0. The average molecular weight is 215 g/mol. The van der Waals surface area contributed by atoms with E-state index in [4.69, 9.17) is 0 Å². The summed E-state index contributed by atoms with van der Waals surface area (Å²) >= 11 is 0. The Labute approximate surface area is 94.4 Å². The molecule has 0 radical (unpaired) electrons. The number of para-hydroxylation sites is 1. The van der Waals surface area contributed by atoms with E-state index in [1.807, 2.05) is 24.3 Å². The molecule has 0 aliphatic carbocycles. The van der Waals surface area contributed by atoms with E-state index in [1.54, 1.807) is 11.0 Å². The zero-order valence-electron chi connectivity index (χ0n) is 8.93. The van der Waals surface area contributed by atoms with Crippen LogP contribution in [0, 0.1) is 0 Å². The van der Waals surface area contributed by atoms with Gasteiger partial charge in [0.2, 0.25) is 5.91 Å². The van der Waals surface area contributed by atoms with Gasteiger partial charge in [-0.1, -0.05) is 18.2 Å². The van der Waals surface area contributed by atoms with Gasteiger partial charge >= 0.3 is 0 Å². The Bertz CT molecular complexity index is 437. The largest absolute Gasteiger partial charge is 0.312 e. The number of nitrogens with zero attached hydrogens (tertiary/aromatic N) is 1. The molecule has 0 bridgehead atoms. The fraction of sp³-hybridized carbons (Fsp3) is 0.231. The van der Waals surface area contributed by atoms with Crippen molar-refractivity contribution in [1.29, 1.82) is 0 Å². The molecule has 0 unspecified atom stereocenters. The molecule has 0 aromatic heterocycles. The van der Waals surface area contributed by atoms with Crippen LogP contribution in [0.1, 0.15) is 18.4 Å². The lowest BCUT2D eigenvalue weighted by Gasteiger charge is -2.18. The van der Waals surface area contributed by atoms with Gasteiger partial charge in [0.05, 0.1) is 5.69 Å². The lowest BCUT2D eigenvalue weighted by atomic mass is 10.1. The predicted molar refractivity (Wildman–Crippen MR) is 63.1 cm³/mol. The van der Waals surface area contributed by atoms with Crippen LogP contribution < -0.4 is 4.90 Å². The molecule has 1 fully saturated rings. The Balaban J connectivity index is 2.35. The van der Waals surface area contributed by atoms with E-state index in [-0.39, 0.29) is 5.91 Å². The molecule has 1 aromatic rings. The Morgan fingerprint density at radius 3 is 2.75 bits per heavy atom. The Morgan fingerprint density at radius 2 is 2.06 bits per heavy atom. The van der Waals surface area contributed by atoms with Gasteiger partial charge in [-0.3, -0.25) is 9.59 Å². The van der Waals surface area contributed by atoms with E-state index < -0.39 is 0 Å². The number of aldehydes is 1. The summed E-state index contributed by atoms with van der Waals surface area (Å²) in [6.45, 7) is 0.769. The molecule has 82 valence electrons. The molecule has 1 aliphatic heterocycles. The van der Waals surface area contributed by atoms with Gasteiger partial charge in [-0.2, -0.15) is 0 Å². The molecule has 3 nitrogen and oxygen atoms in total. The highest BCUT2D eigenvalue weighted by Crippen LogP contribution is 2.26. The van der Waals surface area contributed by atoms with Crippen LogP contribution >= 0.6 is 0 Å². The minimum atomic E-state index is 0.159. The van der Waals surface area contributed by atoms with Crippen molar-refractivity contribution in [2.75, 3.05) is 11.4 Å². The van der Waals surface area contributed by atoms with Crippen molar-refractivity contribution < 1.29 is 9.59 Å². The number of benzene rings is 1. The lowest BCUT2D eigenvalue weighted by molar-refractivity contribution is -0.117. The minimum Gasteiger partial charge on any atom is -0.312 e. The van der Waals surface area contributed by atoms with Gasteiger partial charge < -0.3 is 4.90 Å². The summed E-state index contributed by atoms with van der Waals surface area (Å²) in [7, 11) is 0. The minimum absolute atomic E-state index is 0.159. The molecule has 1 amide bonds. The zero-order chi connectivity index (χ0) is 11.4. The van der Waals surface area contributed by atoms with Crippen molar-refractivity contribution in [2.45, 2.75) is 12.8 Å². The SMILES string of the molecule is O=C/C=C/c1ccccc1N1CCCC1=O. The van der Waals surface area contributed by atoms with E-state index in [9.17, 15) is 9.59 Å². The number of carbonyl (C=O) groups is 2. The van der Waals surface area contributed by atoms with E-state index in [0.717, 1.165) is 30.5 Å². The normalized spacial score (nSPS) is 16.0. The van der Waals surface area contributed by atoms with Crippen molar-refractivity contribution in [2.24, 2.45) is 0 Å². The summed E-state index contributed by atoms with van der Waals surface area (Å²) in [4.78, 5) is 23.7. The molecule has 0 spiro atoms. The second-order valence-electron chi connectivity index (χ2n) is 3.70. The molecular formula is C13H13NO2. The standard InChI is InChI=1S/C13H13NO2/c15-10-4-6-11-5-1-2-7-12(11)14-9-3-8-13(14)16/h1-2,4-7,10H,3,8-9H2/b6-4+. The maximum absolute atomic E-state index is 11.6. The summed E-state index contributed by atoms with van der Waals surface area (Å²) in [5.74, 6) is 0.159. The van der Waals surface area contributed by atoms with Gasteiger partial charge in [-0.15, -0.1) is 0 Å². The van der Waals surface area contributed by atoms with Crippen molar-refractivity contribution in [1.82, 2.24) is 0 Å². The Kier molecular flexibility index (Phi) is 3.15. The molecule has 1 heterocycles. The summed E-state index contributed by atoms with van der Waals surface area (Å²) in [6, 6.07) is 7.61. The molecule has 1 aliphatic rings. The first-order valence-electron chi connectivity index (χ1n) is 5.34. The molecule has 1 aromatic carbocycles. The third kappa shape index (κ3) is 2.03. The molecular weight excluding hydrogens is 202 g/mol. The number of hydrogen-bond acceptors (Lipinski definition) is 2. The third-order valence-electron chi connectivity index (χ3n) is 2.66. The van der Waals surface area contributed by atoms with Crippen LogP contribution in [0.5, 0.6) is 0 Å². The van der Waals surface area contributed by atoms with Gasteiger partial charge in [0, 0.05) is 13.0 Å². The molecule has 0 saturated carbocycles. The second-order valence-corrected chi connectivity index (χ2v) is 3.70. The number of rotatable bonds is 3. The highest BCUT2D eigenvalue weighted by Gasteiger charge is 2.22. The monoisotopic (exact) mass is 215 g/mol. The number of hydrogen-bond donors (Lipinski definition) is 0. The number of anilines is 1. The van der Waals surface area contributed by atoms with Gasteiger partial charge in [0.25, 0.3) is 0 Å². The van der Waals surface area contributed by atoms with Gasteiger partial charge in [0.15, 0.2) is 0 Å². The van der Waals surface area contributed by atoms with E-state index in [0.29, 0.717) is 6.42 Å². The van der Waals surface area contributed by atoms with Crippen molar-refractivity contribution in [3.63, 3.8) is 0 Å². The fourth-order valence-electron chi connectivity index (χ4n) is 1.92. The summed E-state index contributed by atoms with van der Waals surface area (Å²) in [6.07, 6.45) is 5.44. The highest BCUT2D eigenvalue weighted by atomic mass is 16.2. The maximum atomic E-state index is 11.6. The van der Waals surface area contributed by atoms with Crippen LogP contribution in [-0.4, -0.2) is 18.7 Å². The molecule has 0 atom stereocenters. The van der Waals surface area contributed by atoms with Crippen LogP contribution in [0.4, 0.5) is 5.69 Å². The highest BCUT2D eigenvalue weighted by molar-refractivity contribution is 5.97. The lowest BCUT2D eigenvalue weighted by Crippen LogP contribution is -2.24. The van der Waals surface area contributed by atoms with E-state index in [1.165, 1.54) is 6.08 Å². The first-order chi connectivity index (χ1) is 7.83. The Morgan fingerprint density at radius 1 is 1.25 bits per heavy atom. The number of amides is 1. The first-order valence-corrected chi connectivity index (χ1v) is 5.34. The van der Waals surface area contributed by atoms with Crippen LogP contribution in [0.25, 0.3) is 6.08 Å². The summed E-state index contributed by atoms with van der Waals surface area (Å²) < 4.78 is 0. The number of allylic oxidation sites excluding steroid dienone is 1. The Hall–Kier alpha value is -1.90. The van der Waals surface area contributed by atoms with Crippen molar-refractivity contribution >= 4 is 24.0 Å². The van der Waals surface area contributed by atoms with Crippen LogP contribution in [0.2, 0.25) is 0 Å². The second kappa shape index (κ2) is 4.75. The predicted octanol–water partition coefficient (Wildman–Crippen LogP) is 2.03. The van der Waals surface area contributed by atoms with Gasteiger partial charge in [0.1, 0.15) is 6.29 Å². The smallest absolute Gasteiger partial charge is 0.227 e. The summed E-state index contributed by atoms with van der Waals surface area (Å²) in [5.41, 5.74) is 1.80. The maximum Gasteiger partial charge on any atom is 0.227 e. The molecule has 16 heavy (non-hydrogen) atoms. The molecule has 1 saturated heterocycles. The van der Waals surface area contributed by atoms with E-state index in [2.05, 4.69) is 0 Å². The molecule has 0 N–H and O–H groups in total. The topological polar surface area (TPSA) is 37.4 Å². The van der Waals surface area contributed by atoms with Crippen molar-refractivity contribution in [3.05, 3.63) is 35.9 Å². The average Bonchev–Trinajstić information content (AvgIpc) is 2.73. The van der Waals surface area contributed by atoms with Crippen LogP contribution in [0.3, 0.4) is 0 Å². The van der Waals surface area contributed by atoms with E-state index >= 15 is 0 Å². The molecule has 3 heteroatoms. The van der Waals surface area contributed by atoms with Gasteiger partial charge in [-0.25, -0.2) is 0 Å². The third-order valence-corrected chi connectivity index (χ3v) is 2.66. The fourth-order valence-corrected chi connectivity index (χ4v) is 1.92.